The molecule has 1 unspecified atom stereocenters. The normalized spacial score (nSPS) is 12.6. The van der Waals surface area contributed by atoms with Crippen molar-refractivity contribution in [1.82, 2.24) is 0 Å². The van der Waals surface area contributed by atoms with Crippen LogP contribution >= 0.6 is 0 Å². The number of ether oxygens (including phenoxy) is 1. The third-order valence-electron chi connectivity index (χ3n) is 5.68. The smallest absolute Gasteiger partial charge is 0.200 e. The maximum Gasteiger partial charge on any atom is 0.200 e. The van der Waals surface area contributed by atoms with E-state index >= 15 is 0 Å². The van der Waals surface area contributed by atoms with Gasteiger partial charge in [0.05, 0.1) is 6.10 Å². The number of fused-ring (bicyclic) bond motifs is 1. The summed E-state index contributed by atoms with van der Waals surface area (Å²) in [6, 6.07) is 14.2. The summed E-state index contributed by atoms with van der Waals surface area (Å²) in [6.45, 7) is 5.20. The van der Waals surface area contributed by atoms with E-state index in [1.807, 2.05) is 24.3 Å². The molecule has 0 radical (unpaired) electrons. The molecule has 1 atom stereocenters. The van der Waals surface area contributed by atoms with Crippen molar-refractivity contribution in [2.24, 2.45) is 0 Å². The van der Waals surface area contributed by atoms with Crippen LogP contribution in [0.4, 0.5) is 8.78 Å². The Morgan fingerprint density at radius 3 is 2.53 bits per heavy atom. The Bertz CT molecular complexity index is 1060. The van der Waals surface area contributed by atoms with Gasteiger partial charge in [-0.15, -0.1) is 0 Å². The average molecular weight is 439 g/mol. The number of phenolic OH excluding ortho intramolecular Hbond substituents is 1. The topological polar surface area (TPSA) is 29.5 Å². The number of hydrogen-bond donors (Lipinski definition) is 1. The minimum atomic E-state index is -1.22. The van der Waals surface area contributed by atoms with Gasteiger partial charge in [0.25, 0.3) is 0 Å². The van der Waals surface area contributed by atoms with Crippen LogP contribution in [0.5, 0.6) is 5.75 Å². The number of halogens is 2. The molecule has 0 aliphatic rings. The molecule has 4 heteroatoms. The standard InChI is InChI=1S/C28H32F2O2/c1-3-4-8-17-32-20(2)9-6-5-7-10-21-11-12-23-19-24(14-13-22(23)18-21)25-15-16-26(31)28(30)27(25)29/h7,10-16,18-20,31H,3-6,8-9,17H2,1-2H3. The monoisotopic (exact) mass is 438 g/mol. The summed E-state index contributed by atoms with van der Waals surface area (Å²) in [5.41, 5.74) is 1.81. The maximum atomic E-state index is 14.2. The summed E-state index contributed by atoms with van der Waals surface area (Å²) in [5, 5.41) is 11.3. The van der Waals surface area contributed by atoms with E-state index in [4.69, 9.17) is 4.74 Å². The molecule has 0 bridgehead atoms. The van der Waals surface area contributed by atoms with Crippen LogP contribution < -0.4 is 0 Å². The zero-order chi connectivity index (χ0) is 22.9. The lowest BCUT2D eigenvalue weighted by atomic mass is 9.99. The highest BCUT2D eigenvalue weighted by Gasteiger charge is 2.14. The fraction of sp³-hybridized carbons (Fsp3) is 0.357. The summed E-state index contributed by atoms with van der Waals surface area (Å²) in [6.07, 6.45) is 11.4. The zero-order valence-electron chi connectivity index (χ0n) is 18.9. The second kappa shape index (κ2) is 11.8. The van der Waals surface area contributed by atoms with Crippen molar-refractivity contribution in [2.45, 2.75) is 58.5 Å². The van der Waals surface area contributed by atoms with E-state index < -0.39 is 17.4 Å². The molecule has 3 aromatic carbocycles. The van der Waals surface area contributed by atoms with Gasteiger partial charge in [0.1, 0.15) is 0 Å². The molecular formula is C28H32F2O2. The van der Waals surface area contributed by atoms with Gasteiger partial charge in [-0.25, -0.2) is 4.39 Å². The Morgan fingerprint density at radius 2 is 1.72 bits per heavy atom. The van der Waals surface area contributed by atoms with Crippen LogP contribution in [-0.4, -0.2) is 17.8 Å². The zero-order valence-corrected chi connectivity index (χ0v) is 18.9. The SMILES string of the molecule is CCCCCOC(C)CCCC=Cc1ccc2cc(-c3ccc(O)c(F)c3F)ccc2c1. The summed E-state index contributed by atoms with van der Waals surface area (Å²) in [4.78, 5) is 0. The van der Waals surface area contributed by atoms with Crippen molar-refractivity contribution in [1.29, 1.82) is 0 Å². The molecule has 0 aliphatic carbocycles. The van der Waals surface area contributed by atoms with Gasteiger partial charge in [0.15, 0.2) is 11.6 Å². The first-order chi connectivity index (χ1) is 15.5. The van der Waals surface area contributed by atoms with Crippen LogP contribution in [0, 0.1) is 11.6 Å². The van der Waals surface area contributed by atoms with Crippen LogP contribution in [0.15, 0.2) is 54.6 Å². The first-order valence-electron chi connectivity index (χ1n) is 11.5. The van der Waals surface area contributed by atoms with Crippen LogP contribution in [0.2, 0.25) is 0 Å². The molecule has 170 valence electrons. The van der Waals surface area contributed by atoms with Crippen LogP contribution in [0.3, 0.4) is 0 Å². The van der Waals surface area contributed by atoms with Gasteiger partial charge in [-0.2, -0.15) is 4.39 Å². The van der Waals surface area contributed by atoms with E-state index in [9.17, 15) is 13.9 Å². The van der Waals surface area contributed by atoms with E-state index in [-0.39, 0.29) is 5.56 Å². The lowest BCUT2D eigenvalue weighted by molar-refractivity contribution is 0.0566. The molecule has 0 heterocycles. The van der Waals surface area contributed by atoms with Crippen LogP contribution in [-0.2, 0) is 4.74 Å². The van der Waals surface area contributed by atoms with Crippen molar-refractivity contribution in [3.8, 4) is 16.9 Å². The van der Waals surface area contributed by atoms with Crippen LogP contribution in [0.1, 0.15) is 57.9 Å². The fourth-order valence-corrected chi connectivity index (χ4v) is 3.76. The third kappa shape index (κ3) is 6.39. The molecular weight excluding hydrogens is 406 g/mol. The van der Waals surface area contributed by atoms with E-state index in [1.54, 1.807) is 6.07 Å². The van der Waals surface area contributed by atoms with Gasteiger partial charge in [0, 0.05) is 12.2 Å². The van der Waals surface area contributed by atoms with E-state index in [0.29, 0.717) is 11.7 Å². The van der Waals surface area contributed by atoms with Gasteiger partial charge in [-0.05, 0) is 78.8 Å². The largest absolute Gasteiger partial charge is 0.505 e. The average Bonchev–Trinajstić information content (AvgIpc) is 2.80. The number of aromatic hydroxyl groups is 1. The molecule has 0 saturated heterocycles. The number of hydrogen-bond acceptors (Lipinski definition) is 2. The van der Waals surface area contributed by atoms with Crippen molar-refractivity contribution in [3.05, 3.63) is 71.8 Å². The number of benzene rings is 3. The lowest BCUT2D eigenvalue weighted by Gasteiger charge is -2.12. The molecule has 3 aromatic rings. The van der Waals surface area contributed by atoms with Gasteiger partial charge in [0.2, 0.25) is 5.82 Å². The van der Waals surface area contributed by atoms with Crippen molar-refractivity contribution >= 4 is 16.8 Å². The summed E-state index contributed by atoms with van der Waals surface area (Å²) in [7, 11) is 0. The molecule has 0 amide bonds. The van der Waals surface area contributed by atoms with Gasteiger partial charge >= 0.3 is 0 Å². The van der Waals surface area contributed by atoms with E-state index in [1.165, 1.54) is 25.0 Å². The molecule has 1 N–H and O–H groups in total. The number of phenols is 1. The first-order valence-corrected chi connectivity index (χ1v) is 11.5. The molecule has 0 spiro atoms. The Balaban J connectivity index is 1.57. The Kier molecular flexibility index (Phi) is 8.81. The molecule has 3 rings (SSSR count). The fourth-order valence-electron chi connectivity index (χ4n) is 3.76. The molecule has 0 aromatic heterocycles. The highest BCUT2D eigenvalue weighted by atomic mass is 19.2. The second-order valence-electron chi connectivity index (χ2n) is 8.30. The maximum absolute atomic E-state index is 14.2. The first kappa shape index (κ1) is 23.9. The minimum Gasteiger partial charge on any atom is -0.505 e. The van der Waals surface area contributed by atoms with E-state index in [2.05, 4.69) is 32.1 Å². The Morgan fingerprint density at radius 1 is 0.938 bits per heavy atom. The molecule has 2 nitrogen and oxygen atoms in total. The molecule has 32 heavy (non-hydrogen) atoms. The lowest BCUT2D eigenvalue weighted by Crippen LogP contribution is -2.08. The highest BCUT2D eigenvalue weighted by Crippen LogP contribution is 2.31. The second-order valence-corrected chi connectivity index (χ2v) is 8.30. The molecule has 0 fully saturated rings. The predicted octanol–water partition coefficient (Wildman–Crippen LogP) is 8.27. The quantitative estimate of drug-likeness (QED) is 0.305. The third-order valence-corrected chi connectivity index (χ3v) is 5.68. The number of rotatable bonds is 11. The van der Waals surface area contributed by atoms with Gasteiger partial charge in [-0.3, -0.25) is 0 Å². The van der Waals surface area contributed by atoms with Gasteiger partial charge < -0.3 is 9.84 Å². The van der Waals surface area contributed by atoms with Gasteiger partial charge in [-0.1, -0.05) is 56.2 Å². The van der Waals surface area contributed by atoms with E-state index in [0.717, 1.165) is 48.6 Å². The minimum absolute atomic E-state index is 0.134. The molecule has 0 saturated carbocycles. The van der Waals surface area contributed by atoms with Crippen LogP contribution in [0.25, 0.3) is 28.0 Å². The number of unbranched alkanes of at least 4 members (excludes halogenated alkanes) is 3. The summed E-state index contributed by atoms with van der Waals surface area (Å²) >= 11 is 0. The molecule has 0 aliphatic heterocycles. The van der Waals surface area contributed by atoms with Crippen molar-refractivity contribution < 1.29 is 18.6 Å². The van der Waals surface area contributed by atoms with Crippen molar-refractivity contribution in [2.75, 3.05) is 6.61 Å². The number of allylic oxidation sites excluding steroid dienone is 1. The Hall–Kier alpha value is -2.72. The summed E-state index contributed by atoms with van der Waals surface area (Å²) < 4.78 is 33.7. The highest BCUT2D eigenvalue weighted by molar-refractivity contribution is 5.89. The Labute approximate surface area is 189 Å². The van der Waals surface area contributed by atoms with Crippen molar-refractivity contribution in [3.63, 3.8) is 0 Å². The predicted molar refractivity (Wildman–Crippen MR) is 129 cm³/mol. The summed E-state index contributed by atoms with van der Waals surface area (Å²) in [5.74, 6) is -2.94.